The Hall–Kier alpha value is -0.650. The number of piperazine rings is 1. The van der Waals surface area contributed by atoms with Crippen LogP contribution in [0.1, 0.15) is 27.7 Å². The van der Waals surface area contributed by atoms with Crippen molar-refractivity contribution in [1.82, 2.24) is 9.80 Å². The lowest BCUT2D eigenvalue weighted by molar-refractivity contribution is -0.167. The summed E-state index contributed by atoms with van der Waals surface area (Å²) in [5, 5.41) is 9.26. The van der Waals surface area contributed by atoms with Crippen molar-refractivity contribution < 1.29 is 14.6 Å². The predicted molar refractivity (Wildman–Crippen MR) is 70.4 cm³/mol. The minimum atomic E-state index is -0.223. The molecule has 0 aliphatic carbocycles. The number of ether oxygens (including phenoxy) is 1. The Kier molecular flexibility index (Phi) is 6.05. The number of hydrogen-bond acceptors (Lipinski definition) is 4. The van der Waals surface area contributed by atoms with Crippen LogP contribution in [-0.2, 0) is 9.53 Å². The minimum Gasteiger partial charge on any atom is -0.394 e. The highest BCUT2D eigenvalue weighted by Crippen LogP contribution is 2.21. The summed E-state index contributed by atoms with van der Waals surface area (Å²) in [5.41, 5.74) is 0. The van der Waals surface area contributed by atoms with Gasteiger partial charge < -0.3 is 14.7 Å². The maximum Gasteiger partial charge on any atom is 0.249 e. The van der Waals surface area contributed by atoms with Crippen molar-refractivity contribution >= 4 is 5.91 Å². The van der Waals surface area contributed by atoms with E-state index in [1.54, 1.807) is 0 Å². The summed E-state index contributed by atoms with van der Waals surface area (Å²) in [6.45, 7) is 10.9. The van der Waals surface area contributed by atoms with Gasteiger partial charge >= 0.3 is 0 Å². The van der Waals surface area contributed by atoms with E-state index in [1.807, 2.05) is 18.7 Å². The quantitative estimate of drug-likeness (QED) is 0.775. The number of aliphatic hydroxyl groups excluding tert-OH is 1. The number of aliphatic hydroxyl groups is 1. The average Bonchev–Trinajstić information content (AvgIpc) is 2.41. The topological polar surface area (TPSA) is 53.0 Å². The van der Waals surface area contributed by atoms with E-state index in [9.17, 15) is 9.90 Å². The van der Waals surface area contributed by atoms with Crippen LogP contribution in [0.15, 0.2) is 0 Å². The Bertz CT molecular complexity index is 271. The molecule has 106 valence electrons. The normalized spacial score (nSPS) is 28.8. The summed E-state index contributed by atoms with van der Waals surface area (Å²) in [6.07, 6.45) is -0.223. The number of morpholine rings is 1. The summed E-state index contributed by atoms with van der Waals surface area (Å²) >= 11 is 0. The largest absolute Gasteiger partial charge is 0.394 e. The zero-order valence-corrected chi connectivity index (χ0v) is 11.9. The van der Waals surface area contributed by atoms with Gasteiger partial charge in [0.15, 0.2) is 0 Å². The van der Waals surface area contributed by atoms with Crippen molar-refractivity contribution in [2.45, 2.75) is 45.9 Å². The van der Waals surface area contributed by atoms with Crippen molar-refractivity contribution in [3.63, 3.8) is 0 Å². The molecule has 0 saturated carbocycles. The van der Waals surface area contributed by atoms with Crippen molar-refractivity contribution in [3.8, 4) is 0 Å². The number of amides is 1. The number of fused-ring (bicyclic) bond motifs is 1. The Balaban J connectivity index is 0.000000771. The molecule has 0 aromatic rings. The van der Waals surface area contributed by atoms with Crippen molar-refractivity contribution in [2.75, 3.05) is 32.8 Å². The lowest BCUT2D eigenvalue weighted by Gasteiger charge is -2.48. The van der Waals surface area contributed by atoms with Gasteiger partial charge in [0.25, 0.3) is 0 Å². The molecule has 2 saturated heterocycles. The fourth-order valence-electron chi connectivity index (χ4n) is 2.48. The lowest BCUT2D eigenvalue weighted by atomic mass is 10.0. The summed E-state index contributed by atoms with van der Waals surface area (Å²) < 4.78 is 5.37. The molecule has 2 fully saturated rings. The Morgan fingerprint density at radius 2 is 2.06 bits per heavy atom. The second-order valence-corrected chi connectivity index (χ2v) is 4.78. The Morgan fingerprint density at radius 3 is 2.61 bits per heavy atom. The predicted octanol–water partition coefficient (Wildman–Crippen LogP) is 0.325. The van der Waals surface area contributed by atoms with Crippen LogP contribution in [0, 0.1) is 0 Å². The fourth-order valence-corrected chi connectivity index (χ4v) is 2.48. The van der Waals surface area contributed by atoms with Gasteiger partial charge in [-0.25, -0.2) is 0 Å². The molecule has 2 unspecified atom stereocenters. The van der Waals surface area contributed by atoms with E-state index in [4.69, 9.17) is 4.74 Å². The maximum absolute atomic E-state index is 11.7. The molecule has 0 radical (unpaired) electrons. The number of nitrogens with zero attached hydrogens (tertiary/aromatic N) is 2. The molecule has 0 aromatic heterocycles. The molecule has 0 bridgehead atoms. The first kappa shape index (κ1) is 15.4. The van der Waals surface area contributed by atoms with Crippen LogP contribution >= 0.6 is 0 Å². The molecule has 2 rings (SSSR count). The van der Waals surface area contributed by atoms with Crippen molar-refractivity contribution in [3.05, 3.63) is 0 Å². The Morgan fingerprint density at radius 1 is 1.39 bits per heavy atom. The van der Waals surface area contributed by atoms with E-state index in [1.165, 1.54) is 0 Å². The van der Waals surface area contributed by atoms with Gasteiger partial charge in [-0.1, -0.05) is 13.8 Å². The first-order chi connectivity index (χ1) is 8.63. The van der Waals surface area contributed by atoms with E-state index in [0.29, 0.717) is 6.04 Å². The molecule has 5 heteroatoms. The van der Waals surface area contributed by atoms with Crippen LogP contribution in [0.5, 0.6) is 0 Å². The van der Waals surface area contributed by atoms with Crippen LogP contribution in [0.3, 0.4) is 0 Å². The molecule has 5 nitrogen and oxygen atoms in total. The second-order valence-electron chi connectivity index (χ2n) is 4.78. The number of carbonyl (C=O) groups is 1. The summed E-state index contributed by atoms with van der Waals surface area (Å²) in [7, 11) is 0. The van der Waals surface area contributed by atoms with Crippen LogP contribution < -0.4 is 0 Å². The van der Waals surface area contributed by atoms with Gasteiger partial charge in [-0.3, -0.25) is 9.69 Å². The van der Waals surface area contributed by atoms with Gasteiger partial charge in [0.1, 0.15) is 12.7 Å². The molecule has 2 heterocycles. The van der Waals surface area contributed by atoms with E-state index < -0.39 is 0 Å². The molecule has 1 amide bonds. The third-order valence-corrected chi connectivity index (χ3v) is 3.53. The third-order valence-electron chi connectivity index (χ3n) is 3.53. The van der Waals surface area contributed by atoms with Crippen LogP contribution in [-0.4, -0.2) is 71.8 Å². The highest BCUT2D eigenvalue weighted by molar-refractivity contribution is 5.78. The van der Waals surface area contributed by atoms with Crippen LogP contribution in [0.25, 0.3) is 0 Å². The minimum absolute atomic E-state index is 0.0135. The summed E-state index contributed by atoms with van der Waals surface area (Å²) in [4.78, 5) is 15.9. The number of carbonyl (C=O) groups excluding carboxylic acids is 1. The molecule has 2 aliphatic rings. The van der Waals surface area contributed by atoms with Gasteiger partial charge in [-0.2, -0.15) is 0 Å². The van der Waals surface area contributed by atoms with Gasteiger partial charge in [0.2, 0.25) is 5.91 Å². The van der Waals surface area contributed by atoms with E-state index in [2.05, 4.69) is 18.7 Å². The molecule has 1 N–H and O–H groups in total. The first-order valence-corrected chi connectivity index (χ1v) is 6.89. The number of hydrogen-bond donors (Lipinski definition) is 1. The highest BCUT2D eigenvalue weighted by Gasteiger charge is 2.40. The third kappa shape index (κ3) is 3.22. The van der Waals surface area contributed by atoms with Crippen LogP contribution in [0.4, 0.5) is 0 Å². The SMILES string of the molecule is CC.CC(C)N1CCN2C(=O)COC(CO)C2C1. The van der Waals surface area contributed by atoms with Gasteiger partial charge in [0.05, 0.1) is 12.6 Å². The lowest BCUT2D eigenvalue weighted by Crippen LogP contribution is -2.65. The molecule has 2 atom stereocenters. The Labute approximate surface area is 110 Å². The van der Waals surface area contributed by atoms with Crippen LogP contribution in [0.2, 0.25) is 0 Å². The molecule has 18 heavy (non-hydrogen) atoms. The molecule has 0 aromatic carbocycles. The van der Waals surface area contributed by atoms with Gasteiger partial charge in [0, 0.05) is 25.7 Å². The maximum atomic E-state index is 11.7. The summed E-state index contributed by atoms with van der Waals surface area (Å²) in [5.74, 6) is 0.0538. The highest BCUT2D eigenvalue weighted by atomic mass is 16.5. The average molecular weight is 258 g/mol. The monoisotopic (exact) mass is 258 g/mol. The smallest absolute Gasteiger partial charge is 0.249 e. The zero-order valence-electron chi connectivity index (χ0n) is 11.9. The second kappa shape index (κ2) is 7.07. The zero-order chi connectivity index (χ0) is 13.7. The molecule has 0 spiro atoms. The van der Waals surface area contributed by atoms with Gasteiger partial charge in [-0.05, 0) is 13.8 Å². The fraction of sp³-hybridized carbons (Fsp3) is 0.923. The van der Waals surface area contributed by atoms with Crippen molar-refractivity contribution in [2.24, 2.45) is 0 Å². The number of rotatable bonds is 2. The first-order valence-electron chi connectivity index (χ1n) is 6.89. The standard InChI is InChI=1S/C11H20N2O3.C2H6/c1-8(2)12-3-4-13-9(5-12)10(6-14)16-7-11(13)15;1-2/h8-10,14H,3-7H2,1-2H3;1-2H3. The van der Waals surface area contributed by atoms with E-state index >= 15 is 0 Å². The van der Waals surface area contributed by atoms with Gasteiger partial charge in [-0.15, -0.1) is 0 Å². The van der Waals surface area contributed by atoms with Crippen molar-refractivity contribution in [1.29, 1.82) is 0 Å². The summed E-state index contributed by atoms with van der Waals surface area (Å²) in [6, 6.07) is 0.487. The van der Waals surface area contributed by atoms with E-state index in [-0.39, 0.29) is 31.3 Å². The van der Waals surface area contributed by atoms with E-state index in [0.717, 1.165) is 19.6 Å². The molecular weight excluding hydrogens is 232 g/mol. The molecule has 2 aliphatic heterocycles. The molecular formula is C13H26N2O3.